The third-order valence-corrected chi connectivity index (χ3v) is 10.3. The van der Waals surface area contributed by atoms with Gasteiger partial charge in [-0.25, -0.2) is 14.6 Å². The Balaban J connectivity index is 1.26. The van der Waals surface area contributed by atoms with Crippen molar-refractivity contribution in [1.82, 2.24) is 29.3 Å². The zero-order valence-corrected chi connectivity index (χ0v) is 26.2. The highest BCUT2D eigenvalue weighted by molar-refractivity contribution is 6.76. The van der Waals surface area contributed by atoms with Crippen molar-refractivity contribution in [2.45, 2.75) is 77.4 Å². The number of hydrogen-bond acceptors (Lipinski definition) is 9. The van der Waals surface area contributed by atoms with Crippen molar-refractivity contribution in [2.75, 3.05) is 49.2 Å². The first-order chi connectivity index (χ1) is 20.3. The number of alkyl halides is 3. The summed E-state index contributed by atoms with van der Waals surface area (Å²) < 4.78 is 55.4. The normalized spacial score (nSPS) is 20.8. The molecule has 3 fully saturated rings. The number of rotatable bonds is 8. The lowest BCUT2D eigenvalue weighted by atomic mass is 9.79. The van der Waals surface area contributed by atoms with Gasteiger partial charge in [0.1, 0.15) is 29.5 Å². The van der Waals surface area contributed by atoms with Crippen LogP contribution in [0.1, 0.15) is 43.4 Å². The van der Waals surface area contributed by atoms with E-state index in [2.05, 4.69) is 39.6 Å². The molecule has 0 radical (unpaired) electrons. The van der Waals surface area contributed by atoms with Gasteiger partial charge in [-0.15, -0.1) is 0 Å². The Morgan fingerprint density at radius 3 is 2.58 bits per heavy atom. The van der Waals surface area contributed by atoms with Crippen LogP contribution in [0, 0.1) is 12.3 Å². The number of anilines is 2. The highest BCUT2D eigenvalue weighted by atomic mass is 28.3. The Labute approximate surface area is 249 Å². The summed E-state index contributed by atoms with van der Waals surface area (Å²) in [5.41, 5.74) is -0.793. The topological polar surface area (TPSA) is 103 Å². The molecule has 3 aromatic heterocycles. The molecule has 1 spiro atoms. The Morgan fingerprint density at radius 1 is 1.12 bits per heavy atom. The van der Waals surface area contributed by atoms with Crippen LogP contribution in [0.2, 0.25) is 25.7 Å². The zero-order chi connectivity index (χ0) is 30.6. The van der Waals surface area contributed by atoms with Crippen LogP contribution >= 0.6 is 0 Å². The highest BCUT2D eigenvalue weighted by Gasteiger charge is 2.49. The molecule has 6 heterocycles. The second-order valence-corrected chi connectivity index (χ2v) is 18.9. The lowest BCUT2D eigenvalue weighted by Crippen LogP contribution is -2.58. The zero-order valence-electron chi connectivity index (χ0n) is 25.2. The maximum Gasteiger partial charge on any atom is 0.433 e. The first-order valence-electron chi connectivity index (χ1n) is 14.9. The molecule has 3 aromatic rings. The average molecular weight is 621 g/mol. The monoisotopic (exact) mass is 620 g/mol. The van der Waals surface area contributed by atoms with Gasteiger partial charge < -0.3 is 19.3 Å². The van der Waals surface area contributed by atoms with Crippen LogP contribution in [-0.4, -0.2) is 76.8 Å². The SMILES string of the molecule is Cc1nc(N2CC3(CCN(c4nc5c(cnn5C5CCCCO5)c(=O)n4COCC[Si](C)(C)C)C3)C2)cc(C(F)(F)F)n1. The predicted octanol–water partition coefficient (Wildman–Crippen LogP) is 4.44. The molecular formula is C28H39F3N8O3Si. The quantitative estimate of drug-likeness (QED) is 0.267. The summed E-state index contributed by atoms with van der Waals surface area (Å²) in [5, 5.41) is 4.94. The van der Waals surface area contributed by atoms with E-state index in [4.69, 9.17) is 14.5 Å². The van der Waals surface area contributed by atoms with Crippen LogP contribution in [-0.2, 0) is 22.4 Å². The first-order valence-corrected chi connectivity index (χ1v) is 18.6. The molecule has 0 aliphatic carbocycles. The third-order valence-electron chi connectivity index (χ3n) is 8.55. The molecule has 15 heteroatoms. The van der Waals surface area contributed by atoms with Crippen LogP contribution in [0.5, 0.6) is 0 Å². The molecule has 11 nitrogen and oxygen atoms in total. The van der Waals surface area contributed by atoms with E-state index in [0.717, 1.165) is 37.8 Å². The van der Waals surface area contributed by atoms with Gasteiger partial charge in [0, 0.05) is 58.9 Å². The van der Waals surface area contributed by atoms with Gasteiger partial charge in [-0.05, 0) is 38.7 Å². The van der Waals surface area contributed by atoms with Crippen molar-refractivity contribution < 1.29 is 22.6 Å². The van der Waals surface area contributed by atoms with E-state index in [1.165, 1.54) is 6.92 Å². The van der Waals surface area contributed by atoms with Gasteiger partial charge in [-0.2, -0.15) is 23.3 Å². The fourth-order valence-corrected chi connectivity index (χ4v) is 6.93. The van der Waals surface area contributed by atoms with Crippen LogP contribution in [0.4, 0.5) is 24.9 Å². The van der Waals surface area contributed by atoms with Gasteiger partial charge >= 0.3 is 6.18 Å². The summed E-state index contributed by atoms with van der Waals surface area (Å²) in [4.78, 5) is 30.7. The van der Waals surface area contributed by atoms with Crippen LogP contribution < -0.4 is 15.4 Å². The van der Waals surface area contributed by atoms with Gasteiger partial charge in [0.15, 0.2) is 11.9 Å². The minimum Gasteiger partial charge on any atom is -0.361 e. The molecule has 234 valence electrons. The van der Waals surface area contributed by atoms with Crippen molar-refractivity contribution >= 4 is 30.9 Å². The second-order valence-electron chi connectivity index (χ2n) is 13.3. The highest BCUT2D eigenvalue weighted by Crippen LogP contribution is 2.43. The lowest BCUT2D eigenvalue weighted by molar-refractivity contribution is -0.141. The van der Waals surface area contributed by atoms with Crippen molar-refractivity contribution in [3.05, 3.63) is 34.1 Å². The molecule has 0 bridgehead atoms. The summed E-state index contributed by atoms with van der Waals surface area (Å²) in [6, 6.07) is 2.00. The second kappa shape index (κ2) is 11.1. The maximum absolute atomic E-state index is 13.8. The van der Waals surface area contributed by atoms with Gasteiger partial charge in [0.25, 0.3) is 5.56 Å². The predicted molar refractivity (Wildman–Crippen MR) is 158 cm³/mol. The summed E-state index contributed by atoms with van der Waals surface area (Å²) in [6.07, 6.45) is 0.400. The number of fused-ring (bicyclic) bond motifs is 1. The van der Waals surface area contributed by atoms with Crippen LogP contribution in [0.15, 0.2) is 17.1 Å². The molecule has 0 N–H and O–H groups in total. The van der Waals surface area contributed by atoms with E-state index in [0.29, 0.717) is 56.4 Å². The molecule has 0 amide bonds. The Bertz CT molecular complexity index is 1540. The van der Waals surface area contributed by atoms with E-state index < -0.39 is 19.9 Å². The van der Waals surface area contributed by atoms with E-state index in [1.807, 2.05) is 4.90 Å². The van der Waals surface area contributed by atoms with E-state index in [-0.39, 0.29) is 35.6 Å². The molecule has 3 aliphatic heterocycles. The number of ether oxygens (including phenoxy) is 2. The van der Waals surface area contributed by atoms with Gasteiger partial charge in [-0.3, -0.25) is 9.36 Å². The molecule has 1 unspecified atom stereocenters. The third kappa shape index (κ3) is 6.16. The van der Waals surface area contributed by atoms with Crippen molar-refractivity contribution in [1.29, 1.82) is 0 Å². The Morgan fingerprint density at radius 2 is 1.88 bits per heavy atom. The van der Waals surface area contributed by atoms with Gasteiger partial charge in [-0.1, -0.05) is 19.6 Å². The summed E-state index contributed by atoms with van der Waals surface area (Å²) in [5.74, 6) is 0.899. The van der Waals surface area contributed by atoms with E-state index >= 15 is 0 Å². The molecule has 3 saturated heterocycles. The minimum atomic E-state index is -4.53. The maximum atomic E-state index is 13.8. The minimum absolute atomic E-state index is 0.0861. The van der Waals surface area contributed by atoms with Crippen molar-refractivity contribution in [3.63, 3.8) is 0 Å². The fourth-order valence-electron chi connectivity index (χ4n) is 6.18. The van der Waals surface area contributed by atoms with Crippen molar-refractivity contribution in [2.24, 2.45) is 5.41 Å². The number of hydrogen-bond donors (Lipinski definition) is 0. The molecule has 3 aliphatic rings. The summed E-state index contributed by atoms with van der Waals surface area (Å²) in [7, 11) is -1.32. The lowest BCUT2D eigenvalue weighted by Gasteiger charge is -2.48. The van der Waals surface area contributed by atoms with E-state index in [1.54, 1.807) is 15.4 Å². The molecule has 0 aromatic carbocycles. The number of aryl methyl sites for hydroxylation is 1. The van der Waals surface area contributed by atoms with Crippen LogP contribution in [0.25, 0.3) is 11.0 Å². The van der Waals surface area contributed by atoms with E-state index in [9.17, 15) is 18.0 Å². The molecular weight excluding hydrogens is 581 g/mol. The Kier molecular flexibility index (Phi) is 7.78. The number of nitrogens with zero attached hydrogens (tertiary/aromatic N) is 8. The largest absolute Gasteiger partial charge is 0.433 e. The standard InChI is InChI=1S/C28H39F3N8O3Si/c1-19-33-21(28(29,30)31)13-22(34-19)37-16-27(17-37)8-9-36(15-27)26-35-24-20(14-32-39(24)23-7-5-6-10-42-23)25(40)38(26)18-41-11-12-43(2,3)4/h13-14,23H,5-12,15-18H2,1-4H3. The first kappa shape index (κ1) is 30.0. The molecule has 0 saturated carbocycles. The van der Waals surface area contributed by atoms with Gasteiger partial charge in [0.05, 0.1) is 6.20 Å². The van der Waals surface area contributed by atoms with Crippen molar-refractivity contribution in [3.8, 4) is 0 Å². The average Bonchev–Trinajstić information content (AvgIpc) is 3.56. The molecule has 6 rings (SSSR count). The Hall–Kier alpha value is -3.04. The summed E-state index contributed by atoms with van der Waals surface area (Å²) >= 11 is 0. The van der Waals surface area contributed by atoms with Gasteiger partial charge in [0.2, 0.25) is 5.95 Å². The summed E-state index contributed by atoms with van der Waals surface area (Å²) in [6.45, 7) is 12.0. The number of aromatic nitrogens is 6. The molecule has 1 atom stereocenters. The smallest absolute Gasteiger partial charge is 0.361 e. The molecule has 43 heavy (non-hydrogen) atoms. The number of halogens is 3. The van der Waals surface area contributed by atoms with Crippen LogP contribution in [0.3, 0.4) is 0 Å². The fraction of sp³-hybridized carbons (Fsp3) is 0.679.